The summed E-state index contributed by atoms with van der Waals surface area (Å²) in [5.74, 6) is 0.600. The Balaban J connectivity index is 2.79. The molecule has 1 aromatic rings. The average Bonchev–Trinajstić information content (AvgIpc) is 2.41. The zero-order valence-corrected chi connectivity index (χ0v) is 14.3. The summed E-state index contributed by atoms with van der Waals surface area (Å²) in [6.07, 6.45) is 0.974. The average molecular weight is 365 g/mol. The van der Waals surface area contributed by atoms with E-state index in [0.29, 0.717) is 22.5 Å². The highest BCUT2D eigenvalue weighted by Crippen LogP contribution is 2.28. The maximum atomic E-state index is 12.2. The molecule has 1 aromatic carbocycles. The molecule has 7 heteroatoms. The molecule has 1 unspecified atom stereocenters. The van der Waals surface area contributed by atoms with Crippen molar-refractivity contribution >= 4 is 31.6 Å². The highest BCUT2D eigenvalue weighted by molar-refractivity contribution is 9.10. The fourth-order valence-corrected chi connectivity index (χ4v) is 3.05. The predicted molar refractivity (Wildman–Crippen MR) is 85.9 cm³/mol. The summed E-state index contributed by atoms with van der Waals surface area (Å²) in [6, 6.07) is 5.15. The number of benzene rings is 1. The molecule has 0 saturated heterocycles. The van der Waals surface area contributed by atoms with E-state index in [-0.39, 0.29) is 0 Å². The molecule has 1 atom stereocenters. The van der Waals surface area contributed by atoms with Gasteiger partial charge in [-0.05, 0) is 48.0 Å². The molecule has 0 amide bonds. The van der Waals surface area contributed by atoms with Gasteiger partial charge in [0.2, 0.25) is 10.0 Å². The van der Waals surface area contributed by atoms with Crippen molar-refractivity contribution in [2.75, 3.05) is 24.9 Å². The quantitative estimate of drug-likeness (QED) is 0.695. The monoisotopic (exact) mass is 364 g/mol. The standard InChI is InChI=1S/C13H21BrN2O3S/c1-4-7-15-9-10(2)20(17,18)16-13-8-11(19-3)5-6-12(13)14/h5-6,8,10,15-16H,4,7,9H2,1-3H3. The second-order valence-corrected chi connectivity index (χ2v) is 7.46. The Morgan fingerprint density at radius 3 is 2.70 bits per heavy atom. The fraction of sp³-hybridized carbons (Fsp3) is 0.538. The van der Waals surface area contributed by atoms with Crippen LogP contribution in [0.5, 0.6) is 5.75 Å². The summed E-state index contributed by atoms with van der Waals surface area (Å²) in [5, 5.41) is 2.59. The normalized spacial score (nSPS) is 13.0. The summed E-state index contributed by atoms with van der Waals surface area (Å²) in [5.41, 5.74) is 0.478. The van der Waals surface area contributed by atoms with Crippen LogP contribution in [0.15, 0.2) is 22.7 Å². The Hall–Kier alpha value is -0.790. The van der Waals surface area contributed by atoms with Crippen molar-refractivity contribution in [1.29, 1.82) is 0 Å². The van der Waals surface area contributed by atoms with Gasteiger partial charge in [-0.3, -0.25) is 4.72 Å². The van der Waals surface area contributed by atoms with E-state index in [1.54, 1.807) is 32.2 Å². The largest absolute Gasteiger partial charge is 0.497 e. The van der Waals surface area contributed by atoms with Crippen LogP contribution in [-0.4, -0.2) is 33.9 Å². The molecule has 5 nitrogen and oxygen atoms in total. The van der Waals surface area contributed by atoms with Gasteiger partial charge in [0.1, 0.15) is 5.75 Å². The maximum absolute atomic E-state index is 12.2. The van der Waals surface area contributed by atoms with Crippen LogP contribution in [-0.2, 0) is 10.0 Å². The lowest BCUT2D eigenvalue weighted by molar-refractivity contribution is 0.415. The number of hydrogen-bond acceptors (Lipinski definition) is 4. The minimum atomic E-state index is -3.44. The molecule has 114 valence electrons. The van der Waals surface area contributed by atoms with Gasteiger partial charge >= 0.3 is 0 Å². The third kappa shape index (κ3) is 4.96. The minimum absolute atomic E-state index is 0.421. The zero-order chi connectivity index (χ0) is 15.2. The Bertz CT molecular complexity index is 534. The molecule has 0 spiro atoms. The summed E-state index contributed by atoms with van der Waals surface area (Å²) in [6.45, 7) is 4.95. The Kier molecular flexibility index (Phi) is 6.78. The molecule has 0 aliphatic rings. The number of halogens is 1. The Labute approximate surface area is 129 Å². The van der Waals surface area contributed by atoms with Crippen LogP contribution < -0.4 is 14.8 Å². The van der Waals surface area contributed by atoms with E-state index in [1.165, 1.54) is 0 Å². The maximum Gasteiger partial charge on any atom is 0.236 e. The molecular weight excluding hydrogens is 344 g/mol. The van der Waals surface area contributed by atoms with Gasteiger partial charge in [0.15, 0.2) is 0 Å². The Morgan fingerprint density at radius 2 is 2.10 bits per heavy atom. The van der Waals surface area contributed by atoms with Gasteiger partial charge in [-0.2, -0.15) is 0 Å². The van der Waals surface area contributed by atoms with Gasteiger partial charge in [-0.25, -0.2) is 8.42 Å². The first-order chi connectivity index (χ1) is 9.40. The van der Waals surface area contributed by atoms with Gasteiger partial charge in [0.25, 0.3) is 0 Å². The lowest BCUT2D eigenvalue weighted by atomic mass is 10.3. The van der Waals surface area contributed by atoms with Crippen LogP contribution in [0.3, 0.4) is 0 Å². The number of sulfonamides is 1. The zero-order valence-electron chi connectivity index (χ0n) is 11.9. The van der Waals surface area contributed by atoms with Crippen molar-refractivity contribution in [3.8, 4) is 5.75 Å². The van der Waals surface area contributed by atoms with Crippen LogP contribution in [0.4, 0.5) is 5.69 Å². The van der Waals surface area contributed by atoms with Crippen LogP contribution in [0.25, 0.3) is 0 Å². The lowest BCUT2D eigenvalue weighted by Crippen LogP contribution is -2.35. The lowest BCUT2D eigenvalue weighted by Gasteiger charge is -2.16. The minimum Gasteiger partial charge on any atom is -0.497 e. The first-order valence-corrected chi connectivity index (χ1v) is 8.80. The molecule has 0 aliphatic heterocycles. The van der Waals surface area contributed by atoms with Crippen molar-refractivity contribution in [1.82, 2.24) is 5.32 Å². The number of hydrogen-bond donors (Lipinski definition) is 2. The van der Waals surface area contributed by atoms with E-state index in [0.717, 1.165) is 13.0 Å². The summed E-state index contributed by atoms with van der Waals surface area (Å²) >= 11 is 3.33. The predicted octanol–water partition coefficient (Wildman–Crippen LogP) is 2.59. The highest BCUT2D eigenvalue weighted by Gasteiger charge is 2.21. The van der Waals surface area contributed by atoms with E-state index < -0.39 is 15.3 Å². The second kappa shape index (κ2) is 7.85. The van der Waals surface area contributed by atoms with Crippen molar-refractivity contribution in [3.63, 3.8) is 0 Å². The molecule has 20 heavy (non-hydrogen) atoms. The van der Waals surface area contributed by atoms with Crippen molar-refractivity contribution in [2.45, 2.75) is 25.5 Å². The van der Waals surface area contributed by atoms with Gasteiger partial charge in [-0.1, -0.05) is 6.92 Å². The molecule has 0 aromatic heterocycles. The molecule has 1 rings (SSSR count). The van der Waals surface area contributed by atoms with Gasteiger partial charge in [0.05, 0.1) is 18.0 Å². The molecular formula is C13H21BrN2O3S. The van der Waals surface area contributed by atoms with Crippen LogP contribution in [0.1, 0.15) is 20.3 Å². The van der Waals surface area contributed by atoms with Crippen LogP contribution in [0.2, 0.25) is 0 Å². The van der Waals surface area contributed by atoms with Crippen LogP contribution in [0, 0.1) is 0 Å². The van der Waals surface area contributed by atoms with Gasteiger partial charge in [0, 0.05) is 17.1 Å². The fourth-order valence-electron chi connectivity index (χ4n) is 1.56. The Morgan fingerprint density at radius 1 is 1.40 bits per heavy atom. The first kappa shape index (κ1) is 17.3. The van der Waals surface area contributed by atoms with Crippen molar-refractivity contribution in [3.05, 3.63) is 22.7 Å². The number of nitrogens with one attached hydrogen (secondary N) is 2. The third-order valence-corrected chi connectivity index (χ3v) is 5.24. The second-order valence-electron chi connectivity index (χ2n) is 4.51. The molecule has 0 heterocycles. The van der Waals surface area contributed by atoms with E-state index >= 15 is 0 Å². The smallest absolute Gasteiger partial charge is 0.236 e. The molecule has 0 aliphatic carbocycles. The van der Waals surface area contributed by atoms with Gasteiger partial charge < -0.3 is 10.1 Å². The molecule has 0 radical (unpaired) electrons. The summed E-state index contributed by atoms with van der Waals surface area (Å²) in [4.78, 5) is 0. The summed E-state index contributed by atoms with van der Waals surface area (Å²) in [7, 11) is -1.90. The number of ether oxygens (including phenoxy) is 1. The van der Waals surface area contributed by atoms with Crippen molar-refractivity contribution < 1.29 is 13.2 Å². The van der Waals surface area contributed by atoms with Crippen LogP contribution >= 0.6 is 15.9 Å². The molecule has 0 fully saturated rings. The number of rotatable bonds is 8. The van der Waals surface area contributed by atoms with E-state index in [4.69, 9.17) is 4.74 Å². The number of methoxy groups -OCH3 is 1. The first-order valence-electron chi connectivity index (χ1n) is 6.46. The molecule has 0 saturated carbocycles. The van der Waals surface area contributed by atoms with Crippen molar-refractivity contribution in [2.24, 2.45) is 0 Å². The number of anilines is 1. The van der Waals surface area contributed by atoms with E-state index in [1.807, 2.05) is 6.92 Å². The summed E-state index contributed by atoms with van der Waals surface area (Å²) < 4.78 is 32.8. The topological polar surface area (TPSA) is 67.4 Å². The third-order valence-electron chi connectivity index (χ3n) is 2.81. The highest BCUT2D eigenvalue weighted by atomic mass is 79.9. The molecule has 2 N–H and O–H groups in total. The SMILES string of the molecule is CCCNCC(C)S(=O)(=O)Nc1cc(OC)ccc1Br. The molecule has 0 bridgehead atoms. The van der Waals surface area contributed by atoms with E-state index in [2.05, 4.69) is 26.0 Å². The van der Waals surface area contributed by atoms with E-state index in [9.17, 15) is 8.42 Å². The van der Waals surface area contributed by atoms with Gasteiger partial charge in [-0.15, -0.1) is 0 Å².